The first-order valence-electron chi connectivity index (χ1n) is 10.5. The van der Waals surface area contributed by atoms with Crippen LogP contribution >= 0.6 is 22.7 Å². The normalized spacial score (nSPS) is 14.4. The zero-order valence-electron chi connectivity index (χ0n) is 18.1. The number of aryl methyl sites for hydroxylation is 2. The van der Waals surface area contributed by atoms with Gasteiger partial charge in [0, 0.05) is 48.4 Å². The molecule has 8 heteroatoms. The number of hydrogen-bond donors (Lipinski definition) is 1. The molecule has 0 spiro atoms. The van der Waals surface area contributed by atoms with E-state index in [0.29, 0.717) is 11.7 Å². The van der Waals surface area contributed by atoms with Crippen molar-refractivity contribution in [3.8, 4) is 10.6 Å². The van der Waals surface area contributed by atoms with Crippen molar-refractivity contribution in [3.63, 3.8) is 0 Å². The molecule has 5 rings (SSSR count). The first kappa shape index (κ1) is 20.4. The van der Waals surface area contributed by atoms with Crippen LogP contribution in [0, 0.1) is 6.92 Å². The Hall–Kier alpha value is -2.55. The molecule has 160 valence electrons. The highest BCUT2D eigenvalue weighted by molar-refractivity contribution is 7.23. The van der Waals surface area contributed by atoms with Crippen LogP contribution < -0.4 is 5.32 Å². The molecule has 1 aromatic carbocycles. The maximum atomic E-state index is 13.1. The molecular weight excluding hydrogens is 426 g/mol. The average Bonchev–Trinajstić information content (AvgIpc) is 3.40. The molecule has 0 unspecified atom stereocenters. The number of aromatic nitrogens is 3. The quantitative estimate of drug-likeness (QED) is 0.470. The van der Waals surface area contributed by atoms with E-state index in [0.717, 1.165) is 50.9 Å². The molecule has 1 aliphatic heterocycles. The summed E-state index contributed by atoms with van der Waals surface area (Å²) in [5.74, 6) is -0.167. The Morgan fingerprint density at radius 2 is 2.03 bits per heavy atom. The largest absolute Gasteiger partial charge is 0.312 e. The van der Waals surface area contributed by atoms with Crippen LogP contribution in [0.5, 0.6) is 0 Å². The summed E-state index contributed by atoms with van der Waals surface area (Å²) in [6.07, 6.45) is 2.83. The number of carbonyl (C=O) groups is 1. The van der Waals surface area contributed by atoms with Crippen LogP contribution in [0.1, 0.15) is 40.3 Å². The lowest BCUT2D eigenvalue weighted by molar-refractivity contribution is 0.102. The van der Waals surface area contributed by atoms with Gasteiger partial charge in [-0.3, -0.25) is 14.4 Å². The number of rotatable bonds is 4. The van der Waals surface area contributed by atoms with Crippen molar-refractivity contribution in [1.82, 2.24) is 19.7 Å². The molecule has 0 saturated carbocycles. The van der Waals surface area contributed by atoms with Crippen molar-refractivity contribution >= 4 is 43.8 Å². The molecule has 0 fully saturated rings. The first-order valence-corrected chi connectivity index (χ1v) is 12.1. The number of thiazole rings is 1. The van der Waals surface area contributed by atoms with E-state index in [1.54, 1.807) is 27.4 Å². The molecule has 6 nitrogen and oxygen atoms in total. The highest BCUT2D eigenvalue weighted by atomic mass is 32.1. The summed E-state index contributed by atoms with van der Waals surface area (Å²) < 4.78 is 2.84. The number of anilines is 1. The molecule has 0 aliphatic carbocycles. The second-order valence-corrected chi connectivity index (χ2v) is 10.4. The van der Waals surface area contributed by atoms with Gasteiger partial charge in [-0.15, -0.1) is 22.7 Å². The van der Waals surface area contributed by atoms with E-state index in [4.69, 9.17) is 4.98 Å². The minimum atomic E-state index is -0.167. The lowest BCUT2D eigenvalue weighted by Gasteiger charge is -2.30. The second kappa shape index (κ2) is 7.85. The van der Waals surface area contributed by atoms with Crippen molar-refractivity contribution < 1.29 is 4.79 Å². The third-order valence-corrected chi connectivity index (χ3v) is 7.96. The monoisotopic (exact) mass is 451 g/mol. The number of benzene rings is 1. The predicted octanol–water partition coefficient (Wildman–Crippen LogP) is 5.09. The van der Waals surface area contributed by atoms with Gasteiger partial charge >= 0.3 is 0 Å². The second-order valence-electron chi connectivity index (χ2n) is 8.30. The number of fused-ring (bicyclic) bond motifs is 2. The summed E-state index contributed by atoms with van der Waals surface area (Å²) in [4.78, 5) is 21.8. The van der Waals surface area contributed by atoms with Gasteiger partial charge < -0.3 is 5.32 Å². The number of carbonyl (C=O) groups excluding carboxylic acids is 1. The van der Waals surface area contributed by atoms with E-state index < -0.39 is 0 Å². The zero-order valence-corrected chi connectivity index (χ0v) is 19.7. The maximum absolute atomic E-state index is 13.1. The lowest BCUT2D eigenvalue weighted by Crippen LogP contribution is -2.35. The van der Waals surface area contributed by atoms with Crippen molar-refractivity contribution in [2.45, 2.75) is 39.8 Å². The number of nitrogens with zero attached hydrogens (tertiary/aromatic N) is 4. The van der Waals surface area contributed by atoms with E-state index in [-0.39, 0.29) is 5.91 Å². The highest BCUT2D eigenvalue weighted by Gasteiger charge is 2.29. The molecule has 0 saturated heterocycles. The molecule has 0 bridgehead atoms. The molecule has 1 aliphatic rings. The summed E-state index contributed by atoms with van der Waals surface area (Å²) in [6.45, 7) is 8.32. The summed E-state index contributed by atoms with van der Waals surface area (Å²) in [5, 5.41) is 9.38. The van der Waals surface area contributed by atoms with Gasteiger partial charge in [0.15, 0.2) is 5.69 Å². The Kier molecular flexibility index (Phi) is 5.16. The Morgan fingerprint density at radius 3 is 2.74 bits per heavy atom. The Morgan fingerprint density at radius 1 is 1.23 bits per heavy atom. The van der Waals surface area contributed by atoms with Gasteiger partial charge in [-0.25, -0.2) is 4.98 Å². The molecule has 31 heavy (non-hydrogen) atoms. The van der Waals surface area contributed by atoms with E-state index in [2.05, 4.69) is 35.2 Å². The van der Waals surface area contributed by atoms with Crippen LogP contribution in [0.4, 0.5) is 5.00 Å². The number of hydrogen-bond acceptors (Lipinski definition) is 6. The van der Waals surface area contributed by atoms with Gasteiger partial charge in [-0.2, -0.15) is 5.10 Å². The van der Waals surface area contributed by atoms with Gasteiger partial charge in [-0.05, 0) is 44.9 Å². The van der Waals surface area contributed by atoms with Crippen LogP contribution in [0.25, 0.3) is 20.8 Å². The van der Waals surface area contributed by atoms with Crippen molar-refractivity contribution in [3.05, 3.63) is 52.2 Å². The number of amides is 1. The van der Waals surface area contributed by atoms with E-state index >= 15 is 0 Å². The topological polar surface area (TPSA) is 63.1 Å². The molecule has 4 aromatic rings. The van der Waals surface area contributed by atoms with Crippen LogP contribution in [0.3, 0.4) is 0 Å². The van der Waals surface area contributed by atoms with Gasteiger partial charge in [0.2, 0.25) is 0 Å². The molecule has 0 atom stereocenters. The molecule has 1 N–H and O–H groups in total. The summed E-state index contributed by atoms with van der Waals surface area (Å²) >= 11 is 3.37. The van der Waals surface area contributed by atoms with E-state index in [9.17, 15) is 4.79 Å². The molecule has 1 amide bonds. The molecule has 4 heterocycles. The van der Waals surface area contributed by atoms with Gasteiger partial charge in [0.1, 0.15) is 10.0 Å². The Labute approximate surface area is 189 Å². The highest BCUT2D eigenvalue weighted by Crippen LogP contribution is 2.46. The fraction of sp³-hybridized carbons (Fsp3) is 0.348. The summed E-state index contributed by atoms with van der Waals surface area (Å²) in [6, 6.07) is 8.70. The van der Waals surface area contributed by atoms with Crippen LogP contribution in [0.2, 0.25) is 0 Å². The minimum absolute atomic E-state index is 0.167. The van der Waals surface area contributed by atoms with Crippen molar-refractivity contribution in [2.24, 2.45) is 7.05 Å². The van der Waals surface area contributed by atoms with E-state index in [1.165, 1.54) is 10.4 Å². The van der Waals surface area contributed by atoms with Gasteiger partial charge in [0.05, 0.1) is 10.2 Å². The third-order valence-electron chi connectivity index (χ3n) is 5.78. The van der Waals surface area contributed by atoms with Gasteiger partial charge in [-0.1, -0.05) is 12.1 Å². The van der Waals surface area contributed by atoms with Crippen molar-refractivity contribution in [2.75, 3.05) is 11.9 Å². The molecule has 0 radical (unpaired) electrons. The number of para-hydroxylation sites is 1. The van der Waals surface area contributed by atoms with Gasteiger partial charge in [0.25, 0.3) is 5.91 Å². The Bertz CT molecular complexity index is 1250. The fourth-order valence-electron chi connectivity index (χ4n) is 4.15. The number of thiophene rings is 1. The number of nitrogens with one attached hydrogen (secondary N) is 1. The van der Waals surface area contributed by atoms with Crippen LogP contribution in [-0.2, 0) is 20.0 Å². The molecular formula is C23H25N5OS2. The average molecular weight is 452 g/mol. The van der Waals surface area contributed by atoms with E-state index in [1.807, 2.05) is 38.4 Å². The lowest BCUT2D eigenvalue weighted by atomic mass is 10.0. The standard InChI is InChI=1S/C23H25N5OS2/c1-13(2)28-10-9-15-18(12-28)31-23(25-21(29)20-14(3)11-27(4)26-20)19(15)22-24-16-7-5-6-8-17(16)30-22/h5-8,11,13H,9-10,12H2,1-4H3,(H,25,29). The maximum Gasteiger partial charge on any atom is 0.277 e. The predicted molar refractivity (Wildman–Crippen MR) is 128 cm³/mol. The van der Waals surface area contributed by atoms with Crippen LogP contribution in [-0.4, -0.2) is 38.2 Å². The SMILES string of the molecule is Cc1cn(C)nc1C(=O)Nc1sc2c(c1-c1nc3ccccc3s1)CCN(C(C)C)C2. The zero-order chi connectivity index (χ0) is 21.7. The molecule has 3 aromatic heterocycles. The summed E-state index contributed by atoms with van der Waals surface area (Å²) in [7, 11) is 1.83. The first-order chi connectivity index (χ1) is 14.9. The van der Waals surface area contributed by atoms with Crippen LogP contribution in [0.15, 0.2) is 30.5 Å². The smallest absolute Gasteiger partial charge is 0.277 e. The summed E-state index contributed by atoms with van der Waals surface area (Å²) in [5.41, 5.74) is 4.75. The fourth-order valence-corrected chi connectivity index (χ4v) is 6.53. The van der Waals surface area contributed by atoms with Crippen molar-refractivity contribution in [1.29, 1.82) is 0 Å². The minimum Gasteiger partial charge on any atom is -0.312 e. The Balaban J connectivity index is 1.59. The third kappa shape index (κ3) is 3.69.